The van der Waals surface area contributed by atoms with Crippen molar-refractivity contribution in [2.75, 3.05) is 5.34 Å². The smallest absolute Gasteiger partial charge is 0.214 e. The summed E-state index contributed by atoms with van der Waals surface area (Å²) < 4.78 is 0. The minimum atomic E-state index is -0.333. The predicted octanol–water partition coefficient (Wildman–Crippen LogP) is 0.405. The second kappa shape index (κ2) is 16.3. The van der Waals surface area contributed by atoms with Crippen molar-refractivity contribution < 1.29 is 9.59 Å². The van der Waals surface area contributed by atoms with Gasteiger partial charge in [-0.25, -0.2) is 0 Å². The minimum Gasteiger partial charge on any atom is -0.370 e. The quantitative estimate of drug-likeness (QED) is 0.558. The number of hydrogen-bond acceptors (Lipinski definition) is 2. The van der Waals surface area contributed by atoms with Crippen LogP contribution in [0, 0.1) is 0 Å². The maximum atomic E-state index is 9.22. The van der Waals surface area contributed by atoms with Gasteiger partial charge in [-0.2, -0.15) is 0 Å². The number of amides is 2. The predicted molar refractivity (Wildman–Crippen MR) is 46.3 cm³/mol. The van der Waals surface area contributed by atoms with Crippen LogP contribution in [-0.2, 0) is 9.59 Å². The Hall–Kier alpha value is -0.480. The Kier molecular flexibility index (Phi) is 24.9. The summed E-state index contributed by atoms with van der Waals surface area (Å²) in [6.07, 6.45) is 0. The molecule has 0 aromatic rings. The fourth-order valence-corrected chi connectivity index (χ4v) is 0. The highest BCUT2D eigenvalue weighted by Gasteiger charge is 1.61. The van der Waals surface area contributed by atoms with Crippen LogP contribution in [-0.4, -0.2) is 17.2 Å². The van der Waals surface area contributed by atoms with Crippen LogP contribution in [0.15, 0.2) is 0 Å². The lowest BCUT2D eigenvalue weighted by Crippen LogP contribution is -2.01. The zero-order valence-corrected chi connectivity index (χ0v) is 7.95. The SMILES string of the molecule is CC(N)=O.CC(N)=O.ClCCl. The highest BCUT2D eigenvalue weighted by atomic mass is 35.5. The molecular weight excluding hydrogens is 191 g/mol. The summed E-state index contributed by atoms with van der Waals surface area (Å²) in [7, 11) is 0. The van der Waals surface area contributed by atoms with Gasteiger partial charge in [0.05, 0.1) is 5.34 Å². The average molecular weight is 203 g/mol. The molecule has 0 aromatic carbocycles. The molecule has 0 saturated carbocycles. The molecule has 0 aliphatic carbocycles. The summed E-state index contributed by atoms with van der Waals surface area (Å²) >= 11 is 9.53. The first-order valence-corrected chi connectivity index (χ1v) is 3.59. The summed E-state index contributed by atoms with van der Waals surface area (Å²) in [5, 5.41) is 0.194. The number of primary amides is 2. The fraction of sp³-hybridized carbons (Fsp3) is 0.600. The van der Waals surface area contributed by atoms with Crippen LogP contribution in [0.2, 0.25) is 0 Å². The van der Waals surface area contributed by atoms with Gasteiger partial charge in [-0.3, -0.25) is 9.59 Å². The molecule has 2 amide bonds. The second-order valence-electron chi connectivity index (χ2n) is 1.32. The summed E-state index contributed by atoms with van der Waals surface area (Å²) in [6.45, 7) is 2.61. The second-order valence-corrected chi connectivity index (χ2v) is 2.13. The topological polar surface area (TPSA) is 86.2 Å². The third-order valence-corrected chi connectivity index (χ3v) is 0. The molecule has 6 heteroatoms. The van der Waals surface area contributed by atoms with Crippen molar-refractivity contribution >= 4 is 35.0 Å². The molecule has 0 spiro atoms. The Bertz CT molecular complexity index is 88.7. The van der Waals surface area contributed by atoms with E-state index in [1.54, 1.807) is 0 Å². The number of carbonyl (C=O) groups is 2. The first kappa shape index (κ1) is 16.9. The highest BCUT2D eigenvalue weighted by molar-refractivity contribution is 6.40. The van der Waals surface area contributed by atoms with E-state index >= 15 is 0 Å². The van der Waals surface area contributed by atoms with Gasteiger partial charge >= 0.3 is 0 Å². The largest absolute Gasteiger partial charge is 0.370 e. The summed E-state index contributed by atoms with van der Waals surface area (Å²) in [5.74, 6) is -0.667. The van der Waals surface area contributed by atoms with Gasteiger partial charge in [-0.05, 0) is 0 Å². The van der Waals surface area contributed by atoms with E-state index < -0.39 is 0 Å². The molecule has 0 fully saturated rings. The maximum absolute atomic E-state index is 9.22. The van der Waals surface area contributed by atoms with Crippen molar-refractivity contribution in [2.24, 2.45) is 11.5 Å². The van der Waals surface area contributed by atoms with Crippen LogP contribution in [0.25, 0.3) is 0 Å². The van der Waals surface area contributed by atoms with Crippen LogP contribution < -0.4 is 11.5 Å². The van der Waals surface area contributed by atoms with Crippen molar-refractivity contribution in [1.82, 2.24) is 0 Å². The van der Waals surface area contributed by atoms with Crippen LogP contribution in [0.1, 0.15) is 13.8 Å². The number of carbonyl (C=O) groups excluding carboxylic acids is 2. The van der Waals surface area contributed by atoms with Gasteiger partial charge in [-0.15, -0.1) is 23.2 Å². The number of nitrogens with two attached hydrogens (primary N) is 2. The molecule has 11 heavy (non-hydrogen) atoms. The van der Waals surface area contributed by atoms with E-state index in [0.29, 0.717) is 0 Å². The highest BCUT2D eigenvalue weighted by Crippen LogP contribution is 1.73. The van der Waals surface area contributed by atoms with Gasteiger partial charge in [0.15, 0.2) is 0 Å². The number of alkyl halides is 2. The monoisotopic (exact) mass is 202 g/mol. The molecule has 4 nitrogen and oxygen atoms in total. The molecule has 0 radical (unpaired) electrons. The first-order chi connectivity index (χ1) is 4.88. The van der Waals surface area contributed by atoms with E-state index in [9.17, 15) is 9.59 Å². The van der Waals surface area contributed by atoms with Crippen molar-refractivity contribution in [1.29, 1.82) is 0 Å². The van der Waals surface area contributed by atoms with E-state index in [2.05, 4.69) is 11.5 Å². The van der Waals surface area contributed by atoms with Crippen LogP contribution in [0.3, 0.4) is 0 Å². The molecule has 0 heterocycles. The molecule has 4 N–H and O–H groups in total. The van der Waals surface area contributed by atoms with E-state index in [-0.39, 0.29) is 17.2 Å². The normalized spacial score (nSPS) is 6.18. The molecule has 0 saturated heterocycles. The van der Waals surface area contributed by atoms with Crippen LogP contribution in [0.5, 0.6) is 0 Å². The lowest BCUT2D eigenvalue weighted by atomic mass is 10.8. The molecular formula is C5H12Cl2N2O2. The van der Waals surface area contributed by atoms with E-state index in [1.165, 1.54) is 13.8 Å². The lowest BCUT2D eigenvalue weighted by Gasteiger charge is -1.60. The zero-order chi connectivity index (χ0) is 9.86. The van der Waals surface area contributed by atoms with Crippen molar-refractivity contribution in [3.63, 3.8) is 0 Å². The summed E-state index contributed by atoms with van der Waals surface area (Å²) in [6, 6.07) is 0. The Morgan fingerprint density at radius 2 is 1.09 bits per heavy atom. The summed E-state index contributed by atoms with van der Waals surface area (Å²) in [5.41, 5.74) is 8.94. The van der Waals surface area contributed by atoms with E-state index in [0.717, 1.165) is 0 Å². The van der Waals surface area contributed by atoms with Crippen molar-refractivity contribution in [3.8, 4) is 0 Å². The Labute approximate surface area is 75.8 Å². The van der Waals surface area contributed by atoms with Crippen molar-refractivity contribution in [3.05, 3.63) is 0 Å². The molecule has 0 aliphatic heterocycles. The third kappa shape index (κ3) is 2340. The third-order valence-electron chi connectivity index (χ3n) is 0. The van der Waals surface area contributed by atoms with Gasteiger partial charge in [0.1, 0.15) is 0 Å². The number of rotatable bonds is 0. The first-order valence-electron chi connectivity index (χ1n) is 2.52. The van der Waals surface area contributed by atoms with Crippen LogP contribution in [0.4, 0.5) is 0 Å². The molecule has 0 atom stereocenters. The number of hydrogen-bond donors (Lipinski definition) is 2. The molecule has 0 aromatic heterocycles. The lowest BCUT2D eigenvalue weighted by molar-refractivity contribution is -0.116. The molecule has 0 bridgehead atoms. The van der Waals surface area contributed by atoms with E-state index in [1.807, 2.05) is 0 Å². The zero-order valence-electron chi connectivity index (χ0n) is 6.43. The minimum absolute atomic E-state index is 0.194. The van der Waals surface area contributed by atoms with Gasteiger partial charge < -0.3 is 11.5 Å². The molecule has 0 aliphatic rings. The Morgan fingerprint density at radius 3 is 1.09 bits per heavy atom. The Balaban J connectivity index is -0.0000000886. The Morgan fingerprint density at radius 1 is 1.09 bits per heavy atom. The molecule has 0 unspecified atom stereocenters. The van der Waals surface area contributed by atoms with Gasteiger partial charge in [0, 0.05) is 13.8 Å². The standard InChI is InChI=1S/2C2H5NO.CH2Cl2/c2*1-2(3)4;2-1-3/h2*1H3,(H2,3,4);1H2. The van der Waals surface area contributed by atoms with Crippen LogP contribution >= 0.6 is 23.2 Å². The fourth-order valence-electron chi connectivity index (χ4n) is 0. The summed E-state index contributed by atoms with van der Waals surface area (Å²) in [4.78, 5) is 18.4. The van der Waals surface area contributed by atoms with E-state index in [4.69, 9.17) is 23.2 Å². The molecule has 0 rings (SSSR count). The van der Waals surface area contributed by atoms with Gasteiger partial charge in [0.25, 0.3) is 0 Å². The maximum Gasteiger partial charge on any atom is 0.214 e. The number of halogens is 2. The average Bonchev–Trinajstić information content (AvgIpc) is 1.60. The molecule has 68 valence electrons. The van der Waals surface area contributed by atoms with Crippen molar-refractivity contribution in [2.45, 2.75) is 13.8 Å². The van der Waals surface area contributed by atoms with Gasteiger partial charge in [-0.1, -0.05) is 0 Å². The van der Waals surface area contributed by atoms with Gasteiger partial charge in [0.2, 0.25) is 11.8 Å².